The number of likely N-dealkylation sites (tertiary alicyclic amines) is 1. The molecule has 12 heteroatoms. The second-order valence-electron chi connectivity index (χ2n) is 9.63. The second kappa shape index (κ2) is 12.4. The van der Waals surface area contributed by atoms with Crippen LogP contribution < -0.4 is 14.2 Å². The van der Waals surface area contributed by atoms with Crippen molar-refractivity contribution in [1.29, 1.82) is 0 Å². The number of aromatic nitrogens is 2. The summed E-state index contributed by atoms with van der Waals surface area (Å²) in [5, 5.41) is 0.526. The van der Waals surface area contributed by atoms with E-state index < -0.39 is 10.0 Å². The van der Waals surface area contributed by atoms with Crippen LogP contribution in [0.15, 0.2) is 65.6 Å². The van der Waals surface area contributed by atoms with Crippen molar-refractivity contribution in [2.75, 3.05) is 31.5 Å². The molecule has 8 nitrogen and oxygen atoms in total. The molecule has 0 radical (unpaired) electrons. The quantitative estimate of drug-likeness (QED) is 0.223. The third-order valence-corrected chi connectivity index (χ3v) is 9.28. The van der Waals surface area contributed by atoms with Crippen molar-refractivity contribution in [3.8, 4) is 11.6 Å². The van der Waals surface area contributed by atoms with Gasteiger partial charge in [-0.1, -0.05) is 59.1 Å². The van der Waals surface area contributed by atoms with Gasteiger partial charge in [0.2, 0.25) is 5.82 Å². The lowest BCUT2D eigenvalue weighted by molar-refractivity contribution is 0.160. The van der Waals surface area contributed by atoms with Crippen LogP contribution in [0, 0.1) is 5.92 Å². The molecule has 210 valence electrons. The van der Waals surface area contributed by atoms with Crippen molar-refractivity contribution >= 4 is 61.7 Å². The van der Waals surface area contributed by atoms with Crippen LogP contribution in [0.1, 0.15) is 18.4 Å². The van der Waals surface area contributed by atoms with E-state index >= 15 is 0 Å². The number of anilines is 1. The monoisotopic (exact) mass is 620 g/mol. The fourth-order valence-electron chi connectivity index (χ4n) is 4.36. The molecule has 2 heterocycles. The molecule has 1 fully saturated rings. The fourth-order valence-corrected chi connectivity index (χ4v) is 6.30. The van der Waals surface area contributed by atoms with E-state index in [1.54, 1.807) is 24.3 Å². The SMILES string of the molecule is CN1CCC(COc2cc(COc3nc4ccccc4nc3NS(=O)(=O)c3cccc(Cl)c3Cl)ccc2Cl)CC1. The van der Waals surface area contributed by atoms with Gasteiger partial charge in [0.15, 0.2) is 0 Å². The summed E-state index contributed by atoms with van der Waals surface area (Å²) in [6.07, 6.45) is 2.16. The third-order valence-electron chi connectivity index (χ3n) is 6.66. The summed E-state index contributed by atoms with van der Waals surface area (Å²) in [4.78, 5) is 11.1. The van der Waals surface area contributed by atoms with Crippen molar-refractivity contribution in [2.45, 2.75) is 24.3 Å². The normalized spacial score (nSPS) is 14.8. The highest BCUT2D eigenvalue weighted by atomic mass is 35.5. The zero-order chi connectivity index (χ0) is 28.3. The van der Waals surface area contributed by atoms with Crippen molar-refractivity contribution in [2.24, 2.45) is 5.92 Å². The Morgan fingerprint density at radius 1 is 0.925 bits per heavy atom. The molecule has 0 atom stereocenters. The summed E-state index contributed by atoms with van der Waals surface area (Å²) < 4.78 is 41.0. The van der Waals surface area contributed by atoms with Gasteiger partial charge in [-0.3, -0.25) is 4.72 Å². The maximum Gasteiger partial charge on any atom is 0.264 e. The number of halogens is 3. The minimum absolute atomic E-state index is 0.00386. The Morgan fingerprint density at radius 3 is 2.40 bits per heavy atom. The Hall–Kier alpha value is -2.82. The third kappa shape index (κ3) is 6.72. The number of piperidine rings is 1. The molecule has 0 spiro atoms. The molecule has 1 aliphatic rings. The number of rotatable bonds is 9. The number of para-hydroxylation sites is 2. The van der Waals surface area contributed by atoms with Crippen LogP contribution >= 0.6 is 34.8 Å². The van der Waals surface area contributed by atoms with Gasteiger partial charge in [-0.25, -0.2) is 18.4 Å². The summed E-state index contributed by atoms with van der Waals surface area (Å²) in [5.74, 6) is 0.970. The predicted octanol–water partition coefficient (Wildman–Crippen LogP) is 6.69. The van der Waals surface area contributed by atoms with Gasteiger partial charge in [-0.15, -0.1) is 0 Å². The summed E-state index contributed by atoms with van der Waals surface area (Å²) in [6.45, 7) is 2.77. The highest BCUT2D eigenvalue weighted by Crippen LogP contribution is 2.33. The number of ether oxygens (including phenoxy) is 2. The lowest BCUT2D eigenvalue weighted by Gasteiger charge is -2.28. The maximum atomic E-state index is 13.2. The smallest absolute Gasteiger partial charge is 0.264 e. The second-order valence-corrected chi connectivity index (χ2v) is 12.5. The first kappa shape index (κ1) is 28.7. The molecule has 0 saturated carbocycles. The zero-order valence-electron chi connectivity index (χ0n) is 21.6. The molecule has 0 bridgehead atoms. The van der Waals surface area contributed by atoms with Gasteiger partial charge in [0.1, 0.15) is 17.3 Å². The maximum absolute atomic E-state index is 13.2. The number of hydrogen-bond acceptors (Lipinski definition) is 7. The van der Waals surface area contributed by atoms with Gasteiger partial charge < -0.3 is 14.4 Å². The first-order chi connectivity index (χ1) is 19.2. The number of sulfonamides is 1. The van der Waals surface area contributed by atoms with E-state index in [-0.39, 0.29) is 33.2 Å². The van der Waals surface area contributed by atoms with Crippen LogP contribution in [0.4, 0.5) is 5.82 Å². The van der Waals surface area contributed by atoms with E-state index in [0.717, 1.165) is 31.5 Å². The lowest BCUT2D eigenvalue weighted by atomic mass is 9.98. The molecule has 3 aromatic carbocycles. The van der Waals surface area contributed by atoms with Crippen molar-refractivity contribution < 1.29 is 17.9 Å². The minimum atomic E-state index is -4.16. The van der Waals surface area contributed by atoms with E-state index in [4.69, 9.17) is 44.3 Å². The zero-order valence-corrected chi connectivity index (χ0v) is 24.7. The standard InChI is InChI=1S/C28H27Cl3N4O4S/c1-35-13-11-18(12-14-35)16-38-24-15-19(9-10-20(24)29)17-39-28-27(32-22-6-2-3-7-23(22)33-28)34-40(36,37)25-8-4-5-21(30)26(25)31/h2-10,15,18H,11-14,16-17H2,1H3,(H,32,34). The van der Waals surface area contributed by atoms with Crippen LogP contribution in [0.25, 0.3) is 11.0 Å². The Bertz CT molecular complexity index is 1630. The van der Waals surface area contributed by atoms with Crippen LogP contribution in [0.5, 0.6) is 11.6 Å². The van der Waals surface area contributed by atoms with Gasteiger partial charge in [0.25, 0.3) is 15.9 Å². The molecular formula is C28H27Cl3N4O4S. The van der Waals surface area contributed by atoms with Crippen LogP contribution in [0.3, 0.4) is 0 Å². The van der Waals surface area contributed by atoms with E-state index in [0.29, 0.717) is 34.3 Å². The topological polar surface area (TPSA) is 93.7 Å². The van der Waals surface area contributed by atoms with E-state index in [1.165, 1.54) is 18.2 Å². The molecule has 1 aromatic heterocycles. The molecule has 40 heavy (non-hydrogen) atoms. The van der Waals surface area contributed by atoms with E-state index in [9.17, 15) is 8.42 Å². The van der Waals surface area contributed by atoms with Crippen molar-refractivity contribution in [3.05, 3.63) is 81.3 Å². The average molecular weight is 622 g/mol. The van der Waals surface area contributed by atoms with Crippen LogP contribution in [0.2, 0.25) is 15.1 Å². The van der Waals surface area contributed by atoms with Gasteiger partial charge in [-0.05, 0) is 80.9 Å². The molecule has 1 aliphatic heterocycles. The Morgan fingerprint density at radius 2 is 1.65 bits per heavy atom. The summed E-state index contributed by atoms with van der Waals surface area (Å²) in [5.41, 5.74) is 1.80. The minimum Gasteiger partial charge on any atom is -0.492 e. The first-order valence-corrected chi connectivity index (χ1v) is 15.3. The number of benzene rings is 3. The average Bonchev–Trinajstić information content (AvgIpc) is 2.94. The predicted molar refractivity (Wildman–Crippen MR) is 158 cm³/mol. The summed E-state index contributed by atoms with van der Waals surface area (Å²) >= 11 is 18.6. The number of fused-ring (bicyclic) bond motifs is 1. The summed E-state index contributed by atoms with van der Waals surface area (Å²) in [7, 11) is -2.04. The molecule has 1 saturated heterocycles. The Labute approximate surface area is 248 Å². The van der Waals surface area contributed by atoms with Gasteiger partial charge in [-0.2, -0.15) is 0 Å². The highest BCUT2D eigenvalue weighted by Gasteiger charge is 2.24. The molecule has 0 aliphatic carbocycles. The molecule has 5 rings (SSSR count). The molecular weight excluding hydrogens is 595 g/mol. The van der Waals surface area contributed by atoms with Gasteiger partial charge >= 0.3 is 0 Å². The van der Waals surface area contributed by atoms with E-state index in [1.807, 2.05) is 18.2 Å². The first-order valence-electron chi connectivity index (χ1n) is 12.7. The van der Waals surface area contributed by atoms with Crippen LogP contribution in [-0.4, -0.2) is 50.0 Å². The molecule has 1 N–H and O–H groups in total. The Balaban J connectivity index is 1.37. The number of hydrogen-bond donors (Lipinski definition) is 1. The van der Waals surface area contributed by atoms with Crippen molar-refractivity contribution in [1.82, 2.24) is 14.9 Å². The van der Waals surface area contributed by atoms with Gasteiger partial charge in [0, 0.05) is 0 Å². The van der Waals surface area contributed by atoms with Crippen molar-refractivity contribution in [3.63, 3.8) is 0 Å². The van der Waals surface area contributed by atoms with E-state index in [2.05, 4.69) is 26.6 Å². The number of nitrogens with one attached hydrogen (secondary N) is 1. The lowest BCUT2D eigenvalue weighted by Crippen LogP contribution is -2.32. The fraction of sp³-hybridized carbons (Fsp3) is 0.286. The highest BCUT2D eigenvalue weighted by molar-refractivity contribution is 7.92. The molecule has 0 unspecified atom stereocenters. The number of nitrogens with zero attached hydrogens (tertiary/aromatic N) is 3. The summed E-state index contributed by atoms with van der Waals surface area (Å²) in [6, 6.07) is 16.8. The largest absolute Gasteiger partial charge is 0.492 e. The van der Waals surface area contributed by atoms with Crippen LogP contribution in [-0.2, 0) is 16.6 Å². The Kier molecular flexibility index (Phi) is 8.87. The molecule has 0 amide bonds. The molecule has 4 aromatic rings. The van der Waals surface area contributed by atoms with Gasteiger partial charge in [0.05, 0.1) is 32.7 Å².